The minimum atomic E-state index is -2.17. The summed E-state index contributed by atoms with van der Waals surface area (Å²) < 4.78 is 16.7. The highest BCUT2D eigenvalue weighted by Gasteiger charge is 2.53. The zero-order valence-corrected chi connectivity index (χ0v) is 24.5. The topological polar surface area (TPSA) is 101 Å². The van der Waals surface area contributed by atoms with Gasteiger partial charge in [-0.15, -0.1) is 0 Å². The Kier molecular flexibility index (Phi) is 7.65. The first-order chi connectivity index (χ1) is 18.8. The number of halogens is 4. The average molecular weight is 652 g/mol. The third-order valence-electron chi connectivity index (χ3n) is 8.04. The third kappa shape index (κ3) is 4.88. The summed E-state index contributed by atoms with van der Waals surface area (Å²) in [6.07, 6.45) is -0.282. The highest BCUT2D eigenvalue weighted by Crippen LogP contribution is 2.47. The number of piperidine rings is 1. The molecule has 3 aromatic carbocycles. The van der Waals surface area contributed by atoms with Crippen molar-refractivity contribution in [1.82, 2.24) is 9.80 Å². The van der Waals surface area contributed by atoms with E-state index in [1.54, 1.807) is 37.3 Å². The summed E-state index contributed by atoms with van der Waals surface area (Å²) in [5.74, 6) is -1.83. The smallest absolute Gasteiger partial charge is 0.407 e. The zero-order chi connectivity index (χ0) is 29.0. The maximum atomic E-state index is 16.1. The fourth-order valence-corrected chi connectivity index (χ4v) is 6.64. The van der Waals surface area contributed by atoms with Gasteiger partial charge >= 0.3 is 6.09 Å². The van der Waals surface area contributed by atoms with Crippen LogP contribution in [0.2, 0.25) is 10.0 Å². The van der Waals surface area contributed by atoms with E-state index in [4.69, 9.17) is 23.2 Å². The van der Waals surface area contributed by atoms with Gasteiger partial charge in [-0.25, -0.2) is 9.18 Å². The van der Waals surface area contributed by atoms with Gasteiger partial charge in [0.15, 0.2) is 5.72 Å². The number of benzene rings is 3. The van der Waals surface area contributed by atoms with Gasteiger partial charge in [-0.1, -0.05) is 57.3 Å². The van der Waals surface area contributed by atoms with Crippen molar-refractivity contribution in [2.45, 2.75) is 37.6 Å². The summed E-state index contributed by atoms with van der Waals surface area (Å²) in [7, 11) is 0. The van der Waals surface area contributed by atoms with E-state index in [2.05, 4.69) is 15.9 Å². The van der Waals surface area contributed by atoms with E-state index in [0.717, 1.165) is 6.07 Å². The Bertz CT molecular complexity index is 1490. The van der Waals surface area contributed by atoms with Gasteiger partial charge in [0, 0.05) is 33.2 Å². The minimum absolute atomic E-state index is 0.0687. The molecule has 11 heteroatoms. The molecule has 7 nitrogen and oxygen atoms in total. The Balaban J connectivity index is 1.59. The van der Waals surface area contributed by atoms with E-state index >= 15 is 4.39 Å². The predicted octanol–water partition coefficient (Wildman–Crippen LogP) is 6.34. The van der Waals surface area contributed by atoms with Crippen molar-refractivity contribution in [2.24, 2.45) is 5.92 Å². The zero-order valence-electron chi connectivity index (χ0n) is 21.4. The van der Waals surface area contributed by atoms with E-state index in [-0.39, 0.29) is 47.8 Å². The highest BCUT2D eigenvalue weighted by atomic mass is 79.9. The fourth-order valence-electron chi connectivity index (χ4n) is 5.71. The van der Waals surface area contributed by atoms with Crippen LogP contribution in [0.4, 0.5) is 9.18 Å². The van der Waals surface area contributed by atoms with Gasteiger partial charge in [-0.05, 0) is 73.2 Å². The van der Waals surface area contributed by atoms with Gasteiger partial charge < -0.3 is 20.2 Å². The van der Waals surface area contributed by atoms with E-state index < -0.39 is 29.1 Å². The summed E-state index contributed by atoms with van der Waals surface area (Å²) in [6.45, 7) is 1.94. The molecule has 3 aromatic rings. The number of hydrogen-bond donors (Lipinski definition) is 3. The fraction of sp³-hybridized carbons (Fsp3) is 0.310. The summed E-state index contributed by atoms with van der Waals surface area (Å²) in [6, 6.07) is 13.8. The number of likely N-dealkylation sites (tertiary alicyclic amines) is 1. The second-order valence-electron chi connectivity index (χ2n) is 10.4. The van der Waals surface area contributed by atoms with Crippen LogP contribution in [0.3, 0.4) is 0 Å². The molecule has 2 atom stereocenters. The molecular weight excluding hydrogens is 626 g/mol. The van der Waals surface area contributed by atoms with Crippen molar-refractivity contribution in [3.05, 3.63) is 103 Å². The molecule has 2 heterocycles. The van der Waals surface area contributed by atoms with Gasteiger partial charge in [0.1, 0.15) is 5.82 Å². The molecule has 2 unspecified atom stereocenters. The SMILES string of the molecule is CC(O)(c1cc(F)c2c(c1)C(=O)N(Cc1ccc(Cl)cc1Br)C2(O)c1ccc(Cl)cc1)C1CCN(C(=O)O)CC1. The first-order valence-electron chi connectivity index (χ1n) is 12.6. The Morgan fingerprint density at radius 2 is 1.73 bits per heavy atom. The monoisotopic (exact) mass is 650 g/mol. The van der Waals surface area contributed by atoms with E-state index in [1.165, 1.54) is 28.0 Å². The number of rotatable bonds is 5. The Labute approximate surface area is 248 Å². The third-order valence-corrected chi connectivity index (χ3v) is 9.27. The lowest BCUT2D eigenvalue weighted by Crippen LogP contribution is -2.44. The van der Waals surface area contributed by atoms with E-state index in [9.17, 15) is 24.9 Å². The second kappa shape index (κ2) is 10.6. The van der Waals surface area contributed by atoms with Crippen LogP contribution in [-0.2, 0) is 17.9 Å². The Morgan fingerprint density at radius 1 is 1.10 bits per heavy atom. The molecule has 3 N–H and O–H groups in total. The van der Waals surface area contributed by atoms with Crippen LogP contribution in [0, 0.1) is 11.7 Å². The van der Waals surface area contributed by atoms with Gasteiger partial charge in [0.2, 0.25) is 0 Å². The van der Waals surface area contributed by atoms with Gasteiger partial charge in [0.25, 0.3) is 5.91 Å². The molecule has 0 bridgehead atoms. The molecule has 2 aliphatic rings. The maximum absolute atomic E-state index is 16.1. The molecule has 0 aliphatic carbocycles. The van der Waals surface area contributed by atoms with Crippen LogP contribution < -0.4 is 0 Å². The molecular formula is C29H26BrCl2FN2O5. The normalized spacial score (nSPS) is 20.9. The number of amides is 2. The molecule has 0 spiro atoms. The van der Waals surface area contributed by atoms with Crippen LogP contribution in [0.5, 0.6) is 0 Å². The number of carbonyl (C=O) groups is 2. The van der Waals surface area contributed by atoms with Crippen LogP contribution >= 0.6 is 39.1 Å². The number of nitrogens with zero attached hydrogens (tertiary/aromatic N) is 2. The first kappa shape index (κ1) is 28.8. The van der Waals surface area contributed by atoms with Crippen LogP contribution in [0.1, 0.15) is 52.4 Å². The standard InChI is InChI=1S/C29H26BrCl2FN2O5/c1-28(39,17-8-10-34(11-9-17)27(37)38)19-12-22-25(24(33)13-19)29(40,18-3-6-20(31)7-4-18)35(26(22)36)15-16-2-5-21(32)14-23(16)30/h2-7,12-14,17,39-40H,8-11,15H2,1H3,(H,37,38). The maximum Gasteiger partial charge on any atom is 0.407 e. The van der Waals surface area contributed by atoms with Gasteiger partial charge in [-0.3, -0.25) is 9.69 Å². The van der Waals surface area contributed by atoms with Crippen LogP contribution in [-0.4, -0.2) is 50.2 Å². The molecule has 1 saturated heterocycles. The van der Waals surface area contributed by atoms with Crippen molar-refractivity contribution >= 4 is 51.1 Å². The van der Waals surface area contributed by atoms with Crippen LogP contribution in [0.25, 0.3) is 0 Å². The van der Waals surface area contributed by atoms with E-state index in [1.807, 2.05) is 0 Å². The summed E-state index contributed by atoms with van der Waals surface area (Å²) in [4.78, 5) is 27.7. The number of fused-ring (bicyclic) bond motifs is 1. The minimum Gasteiger partial charge on any atom is -0.465 e. The molecule has 0 radical (unpaired) electrons. The lowest BCUT2D eigenvalue weighted by molar-refractivity contribution is -0.0564. The summed E-state index contributed by atoms with van der Waals surface area (Å²) >= 11 is 15.6. The van der Waals surface area contributed by atoms with Gasteiger partial charge in [-0.2, -0.15) is 0 Å². The largest absolute Gasteiger partial charge is 0.465 e. The quantitative estimate of drug-likeness (QED) is 0.299. The lowest BCUT2D eigenvalue weighted by Gasteiger charge is -2.39. The number of carboxylic acid groups (broad SMARTS) is 1. The highest BCUT2D eigenvalue weighted by molar-refractivity contribution is 9.10. The molecule has 0 saturated carbocycles. The van der Waals surface area contributed by atoms with Gasteiger partial charge in [0.05, 0.1) is 23.3 Å². The summed E-state index contributed by atoms with van der Waals surface area (Å²) in [5, 5.41) is 33.9. The van der Waals surface area contributed by atoms with Crippen LogP contribution in [0.15, 0.2) is 59.1 Å². The molecule has 40 heavy (non-hydrogen) atoms. The van der Waals surface area contributed by atoms with Crippen molar-refractivity contribution in [1.29, 1.82) is 0 Å². The lowest BCUT2D eigenvalue weighted by atomic mass is 9.76. The summed E-state index contributed by atoms with van der Waals surface area (Å²) in [5.41, 5.74) is -2.95. The Morgan fingerprint density at radius 3 is 2.33 bits per heavy atom. The second-order valence-corrected chi connectivity index (χ2v) is 12.1. The Hall–Kier alpha value is -2.69. The van der Waals surface area contributed by atoms with Crippen molar-refractivity contribution < 1.29 is 29.3 Å². The molecule has 2 amide bonds. The first-order valence-corrected chi connectivity index (χ1v) is 14.2. The number of carbonyl (C=O) groups excluding carboxylic acids is 1. The van der Waals surface area contributed by atoms with E-state index in [0.29, 0.717) is 32.9 Å². The number of hydrogen-bond acceptors (Lipinski definition) is 4. The predicted molar refractivity (Wildman–Crippen MR) is 152 cm³/mol. The molecule has 1 fully saturated rings. The average Bonchev–Trinajstić information content (AvgIpc) is 3.13. The van der Waals surface area contributed by atoms with Crippen molar-refractivity contribution in [3.8, 4) is 0 Å². The van der Waals surface area contributed by atoms with Crippen molar-refractivity contribution in [3.63, 3.8) is 0 Å². The molecule has 5 rings (SSSR count). The molecule has 2 aliphatic heterocycles. The number of aliphatic hydroxyl groups is 2. The molecule has 0 aromatic heterocycles. The molecule has 210 valence electrons. The van der Waals surface area contributed by atoms with Crippen molar-refractivity contribution in [2.75, 3.05) is 13.1 Å².